The number of aliphatic hydroxyl groups is 1. The zero-order chi connectivity index (χ0) is 32.0. The number of aliphatic hydroxyl groups excluding tert-OH is 1. The molecule has 3 amide bonds. The number of methoxy groups -OCH3 is 1. The number of β-amino-alcohol motifs (C(OH)–C–C–N with tert-alkyl or cyclic N) is 1. The van der Waals surface area contributed by atoms with Gasteiger partial charge in [0.25, 0.3) is 0 Å². The number of esters is 1. The highest BCUT2D eigenvalue weighted by atomic mass is 16.6. The summed E-state index contributed by atoms with van der Waals surface area (Å²) in [5.74, 6) is -3.52. The van der Waals surface area contributed by atoms with E-state index in [1.165, 1.54) is 12.0 Å². The lowest BCUT2D eigenvalue weighted by Gasteiger charge is -2.38. The highest BCUT2D eigenvalue weighted by Crippen LogP contribution is 2.59. The number of benzene rings is 1. The fraction of sp³-hybridized carbons (Fsp3) is 0.576. The number of nitrogens with zero attached hydrogens (tertiary/aromatic N) is 2. The molecule has 0 unspecified atom stereocenters. The quantitative estimate of drug-likeness (QED) is 0.215. The van der Waals surface area contributed by atoms with Crippen molar-refractivity contribution in [1.29, 1.82) is 0 Å². The lowest BCUT2D eigenvalue weighted by molar-refractivity contribution is -0.163. The number of amides is 3. The highest BCUT2D eigenvalue weighted by molar-refractivity contribution is 5.98. The van der Waals surface area contributed by atoms with Crippen LogP contribution in [0.2, 0.25) is 0 Å². The van der Waals surface area contributed by atoms with Crippen molar-refractivity contribution in [2.75, 3.05) is 33.4 Å². The predicted octanol–water partition coefficient (Wildman–Crippen LogP) is 2.16. The van der Waals surface area contributed by atoms with Crippen LogP contribution >= 0.6 is 0 Å². The molecule has 2 bridgehead atoms. The van der Waals surface area contributed by atoms with Gasteiger partial charge in [0.15, 0.2) is 0 Å². The third kappa shape index (κ3) is 6.31. The first-order chi connectivity index (χ1) is 21.1. The summed E-state index contributed by atoms with van der Waals surface area (Å²) in [5.41, 5.74) is -0.575. The van der Waals surface area contributed by atoms with E-state index in [4.69, 9.17) is 14.2 Å². The van der Waals surface area contributed by atoms with Gasteiger partial charge in [-0.25, -0.2) is 0 Å². The molecule has 0 aromatic heterocycles. The van der Waals surface area contributed by atoms with E-state index < -0.39 is 53.6 Å². The van der Waals surface area contributed by atoms with Gasteiger partial charge < -0.3 is 34.4 Å². The van der Waals surface area contributed by atoms with E-state index in [0.717, 1.165) is 0 Å². The molecular weight excluding hydrogens is 566 g/mol. The molecule has 2 N–H and O–H groups in total. The second-order valence-corrected chi connectivity index (χ2v) is 11.9. The summed E-state index contributed by atoms with van der Waals surface area (Å²) in [6, 6.07) is 7.17. The molecule has 0 radical (unpaired) electrons. The monoisotopic (exact) mass is 611 g/mol. The van der Waals surface area contributed by atoms with E-state index in [-0.39, 0.29) is 50.6 Å². The van der Waals surface area contributed by atoms with Gasteiger partial charge in [-0.2, -0.15) is 0 Å². The maximum absolute atomic E-state index is 14.2. The number of nitrogens with one attached hydrogen (secondary N) is 1. The molecule has 0 aliphatic carbocycles. The van der Waals surface area contributed by atoms with Crippen LogP contribution in [0, 0.1) is 11.8 Å². The van der Waals surface area contributed by atoms with Gasteiger partial charge in [-0.05, 0) is 38.7 Å². The molecule has 1 aromatic rings. The molecule has 1 aromatic carbocycles. The molecule has 0 saturated carbocycles. The minimum absolute atomic E-state index is 0.0669. The largest absolute Gasteiger partial charge is 0.455 e. The Balaban J connectivity index is 1.67. The number of carbonyl (C=O) groups excluding carboxylic acids is 4. The topological polar surface area (TPSA) is 135 Å². The Kier molecular flexibility index (Phi) is 11.0. The van der Waals surface area contributed by atoms with Crippen LogP contribution in [-0.2, 0) is 33.4 Å². The van der Waals surface area contributed by atoms with E-state index in [2.05, 4.69) is 18.5 Å². The summed E-state index contributed by atoms with van der Waals surface area (Å²) in [6.07, 6.45) is 3.34. The molecule has 11 heteroatoms. The summed E-state index contributed by atoms with van der Waals surface area (Å²) in [5, 5.41) is 12.8. The highest BCUT2D eigenvalue weighted by Gasteiger charge is 2.75. The van der Waals surface area contributed by atoms with Crippen LogP contribution in [0.4, 0.5) is 0 Å². The predicted molar refractivity (Wildman–Crippen MR) is 162 cm³/mol. The van der Waals surface area contributed by atoms with Gasteiger partial charge in [-0.15, -0.1) is 13.2 Å². The average Bonchev–Trinajstić information content (AvgIpc) is 3.65. The van der Waals surface area contributed by atoms with Crippen molar-refractivity contribution in [3.63, 3.8) is 0 Å². The molecule has 3 aliphatic heterocycles. The van der Waals surface area contributed by atoms with Crippen LogP contribution in [0.3, 0.4) is 0 Å². The van der Waals surface area contributed by atoms with Gasteiger partial charge in [-0.3, -0.25) is 19.2 Å². The number of hydrogen-bond acceptors (Lipinski definition) is 8. The van der Waals surface area contributed by atoms with E-state index in [1.54, 1.807) is 29.2 Å². The molecule has 1 spiro atoms. The van der Waals surface area contributed by atoms with Gasteiger partial charge >= 0.3 is 5.97 Å². The maximum Gasteiger partial charge on any atom is 0.313 e. The van der Waals surface area contributed by atoms with Gasteiger partial charge in [0.05, 0.1) is 37.2 Å². The van der Waals surface area contributed by atoms with E-state index >= 15 is 0 Å². The van der Waals surface area contributed by atoms with Crippen molar-refractivity contribution in [2.24, 2.45) is 11.8 Å². The first kappa shape index (κ1) is 33.4. The van der Waals surface area contributed by atoms with Gasteiger partial charge in [0.1, 0.15) is 17.7 Å². The first-order valence-electron chi connectivity index (χ1n) is 15.3. The molecule has 3 aliphatic rings. The van der Waals surface area contributed by atoms with Crippen LogP contribution in [0.5, 0.6) is 0 Å². The van der Waals surface area contributed by atoms with Crippen LogP contribution in [0.25, 0.3) is 0 Å². The molecule has 44 heavy (non-hydrogen) atoms. The van der Waals surface area contributed by atoms with Gasteiger partial charge in [0, 0.05) is 32.7 Å². The van der Waals surface area contributed by atoms with Crippen molar-refractivity contribution in [3.05, 3.63) is 61.2 Å². The average molecular weight is 612 g/mol. The Bertz CT molecular complexity index is 1220. The van der Waals surface area contributed by atoms with E-state index in [1.807, 2.05) is 32.0 Å². The second kappa shape index (κ2) is 14.5. The molecule has 240 valence electrons. The van der Waals surface area contributed by atoms with Crippen LogP contribution in [0.15, 0.2) is 55.6 Å². The Morgan fingerprint density at radius 1 is 1.23 bits per heavy atom. The molecule has 11 nitrogen and oxygen atoms in total. The molecule has 3 heterocycles. The summed E-state index contributed by atoms with van der Waals surface area (Å²) >= 11 is 0. The van der Waals surface area contributed by atoms with Crippen LogP contribution in [-0.4, -0.2) is 102 Å². The minimum Gasteiger partial charge on any atom is -0.455 e. The van der Waals surface area contributed by atoms with Crippen molar-refractivity contribution >= 4 is 23.7 Å². The van der Waals surface area contributed by atoms with Gasteiger partial charge in [-0.1, -0.05) is 42.5 Å². The summed E-state index contributed by atoms with van der Waals surface area (Å²) < 4.78 is 18.1. The standard InChI is InChI=1S/C33H45N3O8/c1-6-8-14-25(38)34-23(20-42-5)28(22-12-10-9-11-13-22)43-32(41)26-24-15-16-33(44-24)27(26)30(39)36(18-19-37)29(33)31(40)35(17-7-2)21(3)4/h6-7,9-13,21,23-24,26-29,37H,1-2,8,14-20H2,3-5H3,(H,34,38)/t23-,24-,26+,27+,28-,29-,33+/m1/s1. The smallest absolute Gasteiger partial charge is 0.313 e. The van der Waals surface area contributed by atoms with Crippen molar-refractivity contribution in [1.82, 2.24) is 15.1 Å². The zero-order valence-electron chi connectivity index (χ0n) is 25.9. The number of rotatable bonds is 16. The second-order valence-electron chi connectivity index (χ2n) is 11.9. The van der Waals surface area contributed by atoms with Crippen molar-refractivity contribution in [3.8, 4) is 0 Å². The molecule has 3 fully saturated rings. The fourth-order valence-electron chi connectivity index (χ4n) is 7.03. The lowest BCUT2D eigenvalue weighted by Crippen LogP contribution is -2.57. The van der Waals surface area contributed by atoms with Crippen molar-refractivity contribution in [2.45, 2.75) is 75.5 Å². The Hall–Kier alpha value is -3.54. The zero-order valence-corrected chi connectivity index (χ0v) is 25.9. The Morgan fingerprint density at radius 2 is 1.95 bits per heavy atom. The normalized spacial score (nSPS) is 26.7. The van der Waals surface area contributed by atoms with E-state index in [0.29, 0.717) is 24.8 Å². The number of carbonyl (C=O) groups is 4. The summed E-state index contributed by atoms with van der Waals surface area (Å²) in [7, 11) is 1.50. The molecule has 7 atom stereocenters. The number of ether oxygens (including phenoxy) is 3. The first-order valence-corrected chi connectivity index (χ1v) is 15.3. The fourth-order valence-corrected chi connectivity index (χ4v) is 7.03. The molecule has 3 saturated heterocycles. The maximum atomic E-state index is 14.2. The number of hydrogen-bond donors (Lipinski definition) is 2. The summed E-state index contributed by atoms with van der Waals surface area (Å²) in [6.45, 7) is 11.1. The third-order valence-corrected chi connectivity index (χ3v) is 8.88. The number of fused-ring (bicyclic) bond motifs is 1. The Morgan fingerprint density at radius 3 is 2.57 bits per heavy atom. The lowest BCUT2D eigenvalue weighted by atomic mass is 9.70. The van der Waals surface area contributed by atoms with E-state index in [9.17, 15) is 24.3 Å². The third-order valence-electron chi connectivity index (χ3n) is 8.88. The molecular formula is C33H45N3O8. The minimum atomic E-state index is -1.22. The summed E-state index contributed by atoms with van der Waals surface area (Å²) in [4.78, 5) is 58.0. The number of likely N-dealkylation sites (tertiary alicyclic amines) is 1. The van der Waals surface area contributed by atoms with Crippen LogP contribution in [0.1, 0.15) is 51.2 Å². The Labute approximate surface area is 259 Å². The SMILES string of the molecule is C=CCCC(=O)N[C@H](COC)[C@H](OC(=O)[C@@H]1[C@H]2C(=O)N(CCO)[C@H](C(=O)N(CC=C)C(C)C)[C@]23CC[C@H]1O3)c1ccccc1. The van der Waals surface area contributed by atoms with Gasteiger partial charge in [0.2, 0.25) is 17.7 Å². The van der Waals surface area contributed by atoms with Crippen LogP contribution < -0.4 is 5.32 Å². The number of allylic oxidation sites excluding steroid dienone is 1. The van der Waals surface area contributed by atoms with Crippen molar-refractivity contribution < 1.29 is 38.5 Å². The molecule has 4 rings (SSSR count).